The lowest BCUT2D eigenvalue weighted by Crippen LogP contribution is -2.42. The van der Waals surface area contributed by atoms with E-state index in [9.17, 15) is 9.18 Å². The second kappa shape index (κ2) is 6.55. The van der Waals surface area contributed by atoms with Crippen molar-refractivity contribution < 1.29 is 13.9 Å². The van der Waals surface area contributed by atoms with Gasteiger partial charge in [-0.2, -0.15) is 0 Å². The maximum atomic E-state index is 13.8. The average molecular weight is 308 g/mol. The number of para-hydroxylation sites is 1. The molecule has 1 aliphatic rings. The van der Waals surface area contributed by atoms with Crippen LogP contribution in [0.2, 0.25) is 0 Å². The highest BCUT2D eigenvalue weighted by Crippen LogP contribution is 2.23. The summed E-state index contributed by atoms with van der Waals surface area (Å²) in [7, 11) is 0. The van der Waals surface area contributed by atoms with Gasteiger partial charge in [0.25, 0.3) is 0 Å². The molecule has 1 aromatic rings. The van der Waals surface area contributed by atoms with Crippen LogP contribution in [0.25, 0.3) is 0 Å². The largest absolute Gasteiger partial charge is 0.444 e. The second-order valence-corrected chi connectivity index (χ2v) is 6.78. The lowest BCUT2D eigenvalue weighted by Gasteiger charge is -2.29. The van der Waals surface area contributed by atoms with Gasteiger partial charge in [-0.3, -0.25) is 0 Å². The van der Waals surface area contributed by atoms with E-state index in [0.29, 0.717) is 18.8 Å². The molecule has 1 atom stereocenters. The smallest absolute Gasteiger partial charge is 0.410 e. The minimum Gasteiger partial charge on any atom is -0.444 e. The molecule has 0 saturated carbocycles. The number of hydrogen-bond acceptors (Lipinski definition) is 3. The van der Waals surface area contributed by atoms with E-state index in [1.54, 1.807) is 11.0 Å². The molecule has 1 saturated heterocycles. The third-order valence-corrected chi connectivity index (χ3v) is 3.74. The van der Waals surface area contributed by atoms with Crippen LogP contribution < -0.4 is 5.32 Å². The van der Waals surface area contributed by atoms with Crippen molar-refractivity contribution in [3.8, 4) is 0 Å². The molecule has 2 rings (SSSR count). The fourth-order valence-corrected chi connectivity index (χ4v) is 2.68. The molecule has 122 valence electrons. The first-order chi connectivity index (χ1) is 10.3. The van der Waals surface area contributed by atoms with E-state index in [1.165, 1.54) is 6.07 Å². The molecule has 22 heavy (non-hydrogen) atoms. The van der Waals surface area contributed by atoms with Gasteiger partial charge in [0, 0.05) is 13.1 Å². The van der Waals surface area contributed by atoms with E-state index in [1.807, 2.05) is 33.8 Å². The van der Waals surface area contributed by atoms with Crippen LogP contribution in [0.4, 0.5) is 14.9 Å². The van der Waals surface area contributed by atoms with Crippen molar-refractivity contribution in [2.24, 2.45) is 0 Å². The standard InChI is InChI=1S/C17H25FN2O2/c1-12-7-5-9-14(18)15(12)19-11-13-8-6-10-20(13)16(21)22-17(2,3)4/h5,7,9,13,19H,6,8,10-11H2,1-4H3. The van der Waals surface area contributed by atoms with Gasteiger partial charge in [-0.15, -0.1) is 0 Å². The molecular weight excluding hydrogens is 283 g/mol. The van der Waals surface area contributed by atoms with Gasteiger partial charge in [-0.25, -0.2) is 9.18 Å². The monoisotopic (exact) mass is 308 g/mol. The summed E-state index contributed by atoms with van der Waals surface area (Å²) >= 11 is 0. The molecule has 1 N–H and O–H groups in total. The van der Waals surface area contributed by atoms with Gasteiger partial charge >= 0.3 is 6.09 Å². The SMILES string of the molecule is Cc1cccc(F)c1NCC1CCCN1C(=O)OC(C)(C)C. The Labute approximate surface area is 131 Å². The van der Waals surface area contributed by atoms with Crippen molar-refractivity contribution in [2.75, 3.05) is 18.4 Å². The van der Waals surface area contributed by atoms with Crippen LogP contribution in [0.15, 0.2) is 18.2 Å². The van der Waals surface area contributed by atoms with Crippen LogP contribution in [0, 0.1) is 12.7 Å². The predicted molar refractivity (Wildman–Crippen MR) is 85.6 cm³/mol. The number of likely N-dealkylation sites (tertiary alicyclic amines) is 1. The van der Waals surface area contributed by atoms with E-state index in [2.05, 4.69) is 5.32 Å². The van der Waals surface area contributed by atoms with Crippen LogP contribution in [0.1, 0.15) is 39.2 Å². The lowest BCUT2D eigenvalue weighted by atomic mass is 10.1. The fourth-order valence-electron chi connectivity index (χ4n) is 2.68. The molecule has 1 fully saturated rings. The van der Waals surface area contributed by atoms with Gasteiger partial charge in [0.05, 0.1) is 11.7 Å². The number of anilines is 1. The molecule has 0 spiro atoms. The van der Waals surface area contributed by atoms with Crippen molar-refractivity contribution in [3.63, 3.8) is 0 Å². The minimum absolute atomic E-state index is 0.0360. The van der Waals surface area contributed by atoms with E-state index in [4.69, 9.17) is 4.74 Å². The van der Waals surface area contributed by atoms with Crippen molar-refractivity contribution >= 4 is 11.8 Å². The number of halogens is 1. The van der Waals surface area contributed by atoms with Crippen LogP contribution in [0.5, 0.6) is 0 Å². The Bertz CT molecular complexity index is 520. The van der Waals surface area contributed by atoms with Crippen molar-refractivity contribution in [1.82, 2.24) is 4.90 Å². The molecule has 1 aromatic carbocycles. The van der Waals surface area contributed by atoms with Crippen LogP contribution >= 0.6 is 0 Å². The van der Waals surface area contributed by atoms with Crippen LogP contribution in [0.3, 0.4) is 0 Å². The first-order valence-electron chi connectivity index (χ1n) is 7.76. The summed E-state index contributed by atoms with van der Waals surface area (Å²) < 4.78 is 19.3. The molecule has 1 amide bonds. The molecule has 1 aliphatic heterocycles. The number of nitrogens with one attached hydrogen (secondary N) is 1. The Hall–Kier alpha value is -1.78. The second-order valence-electron chi connectivity index (χ2n) is 6.78. The summed E-state index contributed by atoms with van der Waals surface area (Å²) in [5, 5.41) is 3.15. The summed E-state index contributed by atoms with van der Waals surface area (Å²) in [6.45, 7) is 8.66. The van der Waals surface area contributed by atoms with E-state index in [0.717, 1.165) is 18.4 Å². The normalized spacial score (nSPS) is 18.4. The molecule has 5 heteroatoms. The first kappa shape index (κ1) is 16.6. The zero-order valence-electron chi connectivity index (χ0n) is 13.8. The molecular formula is C17H25FN2O2. The highest BCUT2D eigenvalue weighted by molar-refractivity contribution is 5.69. The van der Waals surface area contributed by atoms with E-state index in [-0.39, 0.29) is 18.0 Å². The molecule has 0 bridgehead atoms. The fraction of sp³-hybridized carbons (Fsp3) is 0.588. The molecule has 1 heterocycles. The van der Waals surface area contributed by atoms with Crippen molar-refractivity contribution in [2.45, 2.75) is 52.2 Å². The number of amides is 1. The van der Waals surface area contributed by atoms with Gasteiger partial charge < -0.3 is 15.0 Å². The number of aryl methyl sites for hydroxylation is 1. The summed E-state index contributed by atoms with van der Waals surface area (Å²) in [5.74, 6) is -0.262. The Morgan fingerprint density at radius 2 is 2.18 bits per heavy atom. The zero-order valence-corrected chi connectivity index (χ0v) is 13.8. The first-order valence-corrected chi connectivity index (χ1v) is 7.76. The molecule has 0 aliphatic carbocycles. The number of ether oxygens (including phenoxy) is 1. The predicted octanol–water partition coefficient (Wildman–Crippen LogP) is 3.95. The number of carbonyl (C=O) groups is 1. The van der Waals surface area contributed by atoms with Gasteiger partial charge in [0.1, 0.15) is 11.4 Å². The van der Waals surface area contributed by atoms with Crippen LogP contribution in [-0.4, -0.2) is 35.7 Å². The summed E-state index contributed by atoms with van der Waals surface area (Å²) in [6, 6.07) is 5.04. The third kappa shape index (κ3) is 4.12. The highest BCUT2D eigenvalue weighted by atomic mass is 19.1. The van der Waals surface area contributed by atoms with Crippen LogP contribution in [-0.2, 0) is 4.74 Å². The van der Waals surface area contributed by atoms with Gasteiger partial charge in [-0.05, 0) is 52.2 Å². The summed E-state index contributed by atoms with van der Waals surface area (Å²) in [5.41, 5.74) is 0.875. The van der Waals surface area contributed by atoms with Gasteiger partial charge in [-0.1, -0.05) is 12.1 Å². The Morgan fingerprint density at radius 1 is 1.45 bits per heavy atom. The van der Waals surface area contributed by atoms with E-state index >= 15 is 0 Å². The molecule has 0 radical (unpaired) electrons. The topological polar surface area (TPSA) is 41.6 Å². The number of carbonyl (C=O) groups excluding carboxylic acids is 1. The third-order valence-electron chi connectivity index (χ3n) is 3.74. The number of rotatable bonds is 3. The Morgan fingerprint density at radius 3 is 2.82 bits per heavy atom. The molecule has 0 aromatic heterocycles. The minimum atomic E-state index is -0.500. The number of benzene rings is 1. The van der Waals surface area contributed by atoms with Gasteiger partial charge in [0.15, 0.2) is 0 Å². The summed E-state index contributed by atoms with van der Waals surface area (Å²) in [4.78, 5) is 14.0. The summed E-state index contributed by atoms with van der Waals surface area (Å²) in [6.07, 6.45) is 1.56. The highest BCUT2D eigenvalue weighted by Gasteiger charge is 2.32. The lowest BCUT2D eigenvalue weighted by molar-refractivity contribution is 0.0235. The van der Waals surface area contributed by atoms with E-state index < -0.39 is 5.60 Å². The maximum absolute atomic E-state index is 13.8. The zero-order chi connectivity index (χ0) is 16.3. The number of hydrogen-bond donors (Lipinski definition) is 1. The Balaban J connectivity index is 1.98. The van der Waals surface area contributed by atoms with Crippen molar-refractivity contribution in [1.29, 1.82) is 0 Å². The maximum Gasteiger partial charge on any atom is 0.410 e. The molecule has 4 nitrogen and oxygen atoms in total. The quantitative estimate of drug-likeness (QED) is 0.919. The number of nitrogens with zero attached hydrogens (tertiary/aromatic N) is 1. The Kier molecular flexibility index (Phi) is 4.94. The molecule has 1 unspecified atom stereocenters. The average Bonchev–Trinajstić information content (AvgIpc) is 2.84. The van der Waals surface area contributed by atoms with Crippen molar-refractivity contribution in [3.05, 3.63) is 29.6 Å². The van der Waals surface area contributed by atoms with Gasteiger partial charge in [0.2, 0.25) is 0 Å².